The average molecular weight is 540 g/mol. The molecule has 1 saturated heterocycles. The number of hydrogen-bond acceptors (Lipinski definition) is 6. The lowest BCUT2D eigenvalue weighted by atomic mass is 10.1. The first-order chi connectivity index (χ1) is 17.9. The number of urea groups is 1. The van der Waals surface area contributed by atoms with Gasteiger partial charge < -0.3 is 19.9 Å². The van der Waals surface area contributed by atoms with Gasteiger partial charge in [0.1, 0.15) is 6.61 Å². The summed E-state index contributed by atoms with van der Waals surface area (Å²) in [6.07, 6.45) is -3.81. The van der Waals surface area contributed by atoms with Crippen molar-refractivity contribution in [3.63, 3.8) is 0 Å². The number of piperazine rings is 1. The van der Waals surface area contributed by atoms with Crippen molar-refractivity contribution in [2.24, 2.45) is 0 Å². The zero-order chi connectivity index (χ0) is 27.5. The van der Waals surface area contributed by atoms with Crippen LogP contribution in [0.5, 0.6) is 5.88 Å². The van der Waals surface area contributed by atoms with Crippen molar-refractivity contribution < 1.29 is 35.9 Å². The van der Waals surface area contributed by atoms with Crippen LogP contribution in [0.2, 0.25) is 0 Å². The van der Waals surface area contributed by atoms with Crippen LogP contribution in [0.3, 0.4) is 0 Å². The van der Waals surface area contributed by atoms with Gasteiger partial charge in [-0.15, -0.1) is 0 Å². The minimum atomic E-state index is -5.02. The average Bonchev–Trinajstić information content (AvgIpc) is 2.87. The number of carbonyl (C=O) groups is 1. The zero-order valence-corrected chi connectivity index (χ0v) is 19.9. The molecule has 1 aliphatic heterocycles. The Kier molecular flexibility index (Phi) is 7.60. The minimum absolute atomic E-state index is 0.00624. The van der Waals surface area contributed by atoms with Crippen LogP contribution in [0.15, 0.2) is 55.1 Å². The van der Waals surface area contributed by atoms with Gasteiger partial charge in [0, 0.05) is 56.2 Å². The highest BCUT2D eigenvalue weighted by molar-refractivity contribution is 5.90. The molecule has 0 bridgehead atoms. The van der Waals surface area contributed by atoms with Crippen LogP contribution in [-0.4, -0.2) is 51.6 Å². The lowest BCUT2D eigenvalue weighted by Crippen LogP contribution is -2.55. The predicted molar refractivity (Wildman–Crippen MR) is 124 cm³/mol. The summed E-state index contributed by atoms with van der Waals surface area (Å²) in [6.45, 7) is 2.60. The van der Waals surface area contributed by atoms with Gasteiger partial charge in [-0.05, 0) is 42.8 Å². The number of carbonyl (C=O) groups excluding carboxylic acids is 1. The fourth-order valence-corrected chi connectivity index (χ4v) is 3.94. The number of nitrogens with zero attached hydrogens (tertiary/aromatic N) is 5. The summed E-state index contributed by atoms with van der Waals surface area (Å²) in [7, 11) is 0. The highest BCUT2D eigenvalue weighted by Crippen LogP contribution is 2.37. The van der Waals surface area contributed by atoms with Crippen molar-refractivity contribution in [1.29, 1.82) is 0 Å². The van der Waals surface area contributed by atoms with Crippen molar-refractivity contribution in [2.45, 2.75) is 31.9 Å². The Morgan fingerprint density at radius 3 is 2.21 bits per heavy atom. The summed E-state index contributed by atoms with van der Waals surface area (Å²) in [6, 6.07) is 3.24. The van der Waals surface area contributed by atoms with Crippen LogP contribution < -0.4 is 15.0 Å². The van der Waals surface area contributed by atoms with Crippen molar-refractivity contribution in [3.05, 3.63) is 71.8 Å². The molecule has 2 amide bonds. The topological polar surface area (TPSA) is 83.5 Å². The molecule has 0 aliphatic carbocycles. The Morgan fingerprint density at radius 2 is 1.61 bits per heavy atom. The quantitative estimate of drug-likeness (QED) is 0.447. The number of hydrogen-bond donors (Lipinski definition) is 1. The SMILES string of the molecule is C[C@H]1CN(c2nccnc2OCc2ccncc2)CCN1C(=O)Nc1cc(C(F)(F)F)cc(C(F)(F)F)c1. The van der Waals surface area contributed by atoms with E-state index in [2.05, 4.69) is 20.3 Å². The van der Waals surface area contributed by atoms with Crippen LogP contribution in [0.4, 0.5) is 42.6 Å². The summed E-state index contributed by atoms with van der Waals surface area (Å²) in [5, 5.41) is 2.18. The molecule has 38 heavy (non-hydrogen) atoms. The number of benzene rings is 1. The first-order valence-electron chi connectivity index (χ1n) is 11.4. The Morgan fingerprint density at radius 1 is 0.974 bits per heavy atom. The van der Waals surface area contributed by atoms with Crippen molar-refractivity contribution in [3.8, 4) is 5.88 Å². The molecule has 0 unspecified atom stereocenters. The molecule has 4 rings (SSSR count). The van der Waals surface area contributed by atoms with E-state index < -0.39 is 41.2 Å². The second kappa shape index (κ2) is 10.7. The molecule has 3 aromatic rings. The third-order valence-corrected chi connectivity index (χ3v) is 5.80. The van der Waals surface area contributed by atoms with Crippen LogP contribution >= 0.6 is 0 Å². The standard InChI is InChI=1S/C24H22F6N6O2/c1-15-13-35(20-21(33-7-6-32-20)38-14-16-2-4-31-5-3-16)8-9-36(15)22(37)34-19-11-17(23(25,26)27)10-18(12-19)24(28,29)30/h2-7,10-12,15H,8-9,13-14H2,1H3,(H,34,37)/t15-/m0/s1. The van der Waals surface area contributed by atoms with Gasteiger partial charge in [-0.3, -0.25) is 4.98 Å². The Labute approximate surface area is 213 Å². The molecule has 14 heteroatoms. The molecule has 2 aromatic heterocycles. The Bertz CT molecular complexity index is 1240. The zero-order valence-electron chi connectivity index (χ0n) is 19.9. The van der Waals surface area contributed by atoms with Crippen molar-refractivity contribution in [2.75, 3.05) is 29.9 Å². The summed E-state index contributed by atoms with van der Waals surface area (Å²) in [5.74, 6) is 0.722. The van der Waals surface area contributed by atoms with Gasteiger partial charge >= 0.3 is 18.4 Å². The number of amides is 2. The van der Waals surface area contributed by atoms with Gasteiger partial charge in [0.05, 0.1) is 11.1 Å². The molecular weight excluding hydrogens is 518 g/mol. The number of nitrogens with one attached hydrogen (secondary N) is 1. The van der Waals surface area contributed by atoms with E-state index in [1.807, 2.05) is 4.90 Å². The number of aromatic nitrogens is 3. The molecule has 1 atom stereocenters. The first-order valence-corrected chi connectivity index (χ1v) is 11.4. The molecule has 1 fully saturated rings. The summed E-state index contributed by atoms with van der Waals surface area (Å²) in [4.78, 5) is 28.6. The van der Waals surface area contributed by atoms with Gasteiger partial charge in [-0.25, -0.2) is 14.8 Å². The summed E-state index contributed by atoms with van der Waals surface area (Å²) < 4.78 is 84.8. The monoisotopic (exact) mass is 540 g/mol. The fraction of sp³-hybridized carbons (Fsp3) is 0.333. The van der Waals surface area contributed by atoms with Crippen molar-refractivity contribution >= 4 is 17.5 Å². The molecule has 1 aliphatic rings. The van der Waals surface area contributed by atoms with E-state index >= 15 is 0 Å². The van der Waals surface area contributed by atoms with E-state index in [9.17, 15) is 31.1 Å². The minimum Gasteiger partial charge on any atom is -0.470 e. The molecule has 3 heterocycles. The highest BCUT2D eigenvalue weighted by atomic mass is 19.4. The maximum atomic E-state index is 13.2. The molecule has 8 nitrogen and oxygen atoms in total. The molecular formula is C24H22F6N6O2. The van der Waals surface area contributed by atoms with Crippen molar-refractivity contribution in [1.82, 2.24) is 19.9 Å². The van der Waals surface area contributed by atoms with Gasteiger partial charge in [0.25, 0.3) is 5.88 Å². The third-order valence-electron chi connectivity index (χ3n) is 5.80. The number of anilines is 2. The predicted octanol–water partition coefficient (Wildman–Crippen LogP) is 5.23. The molecule has 0 spiro atoms. The van der Waals surface area contributed by atoms with E-state index in [0.717, 1.165) is 5.56 Å². The lowest BCUT2D eigenvalue weighted by molar-refractivity contribution is -0.143. The van der Waals surface area contributed by atoms with Crippen LogP contribution in [0.1, 0.15) is 23.6 Å². The highest BCUT2D eigenvalue weighted by Gasteiger charge is 2.37. The Balaban J connectivity index is 1.45. The summed E-state index contributed by atoms with van der Waals surface area (Å²) >= 11 is 0. The van der Waals surface area contributed by atoms with E-state index in [1.165, 1.54) is 17.3 Å². The van der Waals surface area contributed by atoms with E-state index in [-0.39, 0.29) is 38.2 Å². The molecule has 1 N–H and O–H groups in total. The molecule has 0 radical (unpaired) electrons. The normalized spacial score (nSPS) is 16.3. The second-order valence-corrected chi connectivity index (χ2v) is 8.54. The van der Waals surface area contributed by atoms with Crippen LogP contribution in [-0.2, 0) is 19.0 Å². The third kappa shape index (κ3) is 6.42. The van der Waals surface area contributed by atoms with Gasteiger partial charge in [-0.1, -0.05) is 0 Å². The molecule has 202 valence electrons. The van der Waals surface area contributed by atoms with E-state index in [0.29, 0.717) is 18.0 Å². The first kappa shape index (κ1) is 26.9. The van der Waals surface area contributed by atoms with Gasteiger partial charge in [-0.2, -0.15) is 26.3 Å². The lowest BCUT2D eigenvalue weighted by Gasteiger charge is -2.40. The smallest absolute Gasteiger partial charge is 0.416 e. The number of pyridine rings is 1. The number of rotatable bonds is 5. The van der Waals surface area contributed by atoms with Gasteiger partial charge in [0.15, 0.2) is 5.82 Å². The molecule has 1 aromatic carbocycles. The largest absolute Gasteiger partial charge is 0.470 e. The fourth-order valence-electron chi connectivity index (χ4n) is 3.94. The maximum Gasteiger partial charge on any atom is 0.416 e. The maximum absolute atomic E-state index is 13.2. The number of halogens is 6. The van der Waals surface area contributed by atoms with Crippen LogP contribution in [0, 0.1) is 0 Å². The summed E-state index contributed by atoms with van der Waals surface area (Å²) in [5.41, 5.74) is -2.76. The Hall–Kier alpha value is -4.10. The second-order valence-electron chi connectivity index (χ2n) is 8.54. The molecule has 0 saturated carbocycles. The number of ether oxygens (including phenoxy) is 1. The van der Waals surface area contributed by atoms with E-state index in [4.69, 9.17) is 4.74 Å². The van der Waals surface area contributed by atoms with Gasteiger partial charge in [0.2, 0.25) is 0 Å². The van der Waals surface area contributed by atoms with Crippen LogP contribution in [0.25, 0.3) is 0 Å². The number of alkyl halides is 6. The van der Waals surface area contributed by atoms with E-state index in [1.54, 1.807) is 31.5 Å².